The van der Waals surface area contributed by atoms with Crippen LogP contribution < -0.4 is 10.1 Å². The van der Waals surface area contributed by atoms with Crippen LogP contribution in [-0.4, -0.2) is 24.6 Å². The van der Waals surface area contributed by atoms with E-state index < -0.39 is 6.10 Å². The summed E-state index contributed by atoms with van der Waals surface area (Å²) in [6, 6.07) is 5.83. The van der Waals surface area contributed by atoms with Gasteiger partial charge in [-0.1, -0.05) is 26.3 Å². The fraction of sp³-hybridized carbons (Fsp3) is 0.520. The number of thiophene rings is 1. The zero-order valence-electron chi connectivity index (χ0n) is 19.2. The molecule has 2 atom stereocenters. The van der Waals surface area contributed by atoms with Crippen molar-refractivity contribution in [3.05, 3.63) is 45.3 Å². The van der Waals surface area contributed by atoms with E-state index in [1.54, 1.807) is 6.92 Å². The molecule has 0 saturated heterocycles. The van der Waals surface area contributed by atoms with Crippen LogP contribution in [0.1, 0.15) is 72.0 Å². The van der Waals surface area contributed by atoms with E-state index in [2.05, 4.69) is 12.2 Å². The van der Waals surface area contributed by atoms with E-state index >= 15 is 0 Å². The fourth-order valence-corrected chi connectivity index (χ4v) is 5.33. The number of ether oxygens (including phenoxy) is 2. The van der Waals surface area contributed by atoms with Crippen molar-refractivity contribution >= 4 is 28.2 Å². The second-order valence-electron chi connectivity index (χ2n) is 8.20. The van der Waals surface area contributed by atoms with Gasteiger partial charge in [0, 0.05) is 4.88 Å². The van der Waals surface area contributed by atoms with Crippen molar-refractivity contribution in [3.8, 4) is 5.75 Å². The number of benzene rings is 1. The predicted octanol–water partition coefficient (Wildman–Crippen LogP) is 5.85. The summed E-state index contributed by atoms with van der Waals surface area (Å²) in [6.07, 6.45) is 3.87. The molecule has 1 heterocycles. The van der Waals surface area contributed by atoms with Gasteiger partial charge in [0.25, 0.3) is 5.91 Å². The molecule has 1 N–H and O–H groups in total. The Bertz CT molecular complexity index is 949. The molecule has 168 valence electrons. The molecule has 31 heavy (non-hydrogen) atoms. The molecule has 0 saturated carbocycles. The second-order valence-corrected chi connectivity index (χ2v) is 9.30. The van der Waals surface area contributed by atoms with Gasteiger partial charge in [0.2, 0.25) is 0 Å². The van der Waals surface area contributed by atoms with Gasteiger partial charge in [-0.2, -0.15) is 0 Å². The Labute approximate surface area is 189 Å². The van der Waals surface area contributed by atoms with Crippen LogP contribution in [0.3, 0.4) is 0 Å². The van der Waals surface area contributed by atoms with Crippen LogP contribution in [0.25, 0.3) is 0 Å². The van der Waals surface area contributed by atoms with E-state index in [1.807, 2.05) is 39.0 Å². The van der Waals surface area contributed by atoms with Crippen LogP contribution in [0.15, 0.2) is 18.2 Å². The van der Waals surface area contributed by atoms with Gasteiger partial charge < -0.3 is 14.8 Å². The Morgan fingerprint density at radius 2 is 1.97 bits per heavy atom. The van der Waals surface area contributed by atoms with E-state index in [0.29, 0.717) is 35.3 Å². The first-order chi connectivity index (χ1) is 14.9. The number of esters is 1. The molecule has 0 aliphatic heterocycles. The quantitative estimate of drug-likeness (QED) is 0.520. The van der Waals surface area contributed by atoms with E-state index in [0.717, 1.165) is 36.8 Å². The summed E-state index contributed by atoms with van der Waals surface area (Å²) in [5.41, 5.74) is 3.88. The monoisotopic (exact) mass is 443 g/mol. The lowest BCUT2D eigenvalue weighted by atomic mass is 9.85. The van der Waals surface area contributed by atoms with Crippen molar-refractivity contribution in [2.45, 2.75) is 72.8 Å². The van der Waals surface area contributed by atoms with Gasteiger partial charge in [-0.05, 0) is 81.2 Å². The molecular weight excluding hydrogens is 410 g/mol. The first-order valence-corrected chi connectivity index (χ1v) is 12.1. The molecular formula is C25H33NO4S. The number of hydrogen-bond donors (Lipinski definition) is 1. The third-order valence-electron chi connectivity index (χ3n) is 6.08. The van der Waals surface area contributed by atoms with Crippen LogP contribution in [0.5, 0.6) is 5.75 Å². The molecule has 6 heteroatoms. The van der Waals surface area contributed by atoms with Gasteiger partial charge in [0.1, 0.15) is 10.8 Å². The SMILES string of the molecule is CCOC(=O)c1c(NC(=O)[C@H](CC)Oc2ccc(C)c(C)c2)sc2c1CC[C@@H](CC)C2. The number of aryl methyl sites for hydroxylation is 2. The number of nitrogens with one attached hydrogen (secondary N) is 1. The summed E-state index contributed by atoms with van der Waals surface area (Å²) in [5.74, 6) is 0.707. The average Bonchev–Trinajstić information content (AvgIpc) is 3.11. The van der Waals surface area contributed by atoms with Crippen LogP contribution in [-0.2, 0) is 22.4 Å². The first-order valence-electron chi connectivity index (χ1n) is 11.2. The molecule has 1 aromatic carbocycles. The number of rotatable bonds is 8. The Morgan fingerprint density at radius 3 is 2.61 bits per heavy atom. The van der Waals surface area contributed by atoms with E-state index in [9.17, 15) is 9.59 Å². The standard InChI is InChI=1S/C25H33NO4S/c1-6-17-10-12-19-21(14-17)31-24(22(19)25(28)29-8-3)26-23(27)20(7-2)30-18-11-9-15(4)16(5)13-18/h9,11,13,17,20H,6-8,10,12,14H2,1-5H3,(H,26,27)/t17-,20+/m1/s1. The van der Waals surface area contributed by atoms with Gasteiger partial charge in [0.15, 0.2) is 6.10 Å². The highest BCUT2D eigenvalue weighted by molar-refractivity contribution is 7.17. The normalized spacial score (nSPS) is 16.4. The van der Waals surface area contributed by atoms with Gasteiger partial charge in [-0.25, -0.2) is 4.79 Å². The zero-order valence-corrected chi connectivity index (χ0v) is 20.0. The highest BCUT2D eigenvalue weighted by atomic mass is 32.1. The third-order valence-corrected chi connectivity index (χ3v) is 7.25. The molecule has 3 rings (SSSR count). The lowest BCUT2D eigenvalue weighted by molar-refractivity contribution is -0.122. The van der Waals surface area contributed by atoms with Crippen molar-refractivity contribution in [3.63, 3.8) is 0 Å². The van der Waals surface area contributed by atoms with Crippen LogP contribution in [0.2, 0.25) is 0 Å². The van der Waals surface area contributed by atoms with Crippen molar-refractivity contribution in [2.24, 2.45) is 5.92 Å². The third kappa shape index (κ3) is 5.29. The Kier molecular flexibility index (Phi) is 7.76. The molecule has 0 radical (unpaired) electrons. The zero-order chi connectivity index (χ0) is 22.5. The second kappa shape index (κ2) is 10.3. The summed E-state index contributed by atoms with van der Waals surface area (Å²) < 4.78 is 11.3. The van der Waals surface area contributed by atoms with E-state index in [4.69, 9.17) is 9.47 Å². The molecule has 0 fully saturated rings. The Hall–Kier alpha value is -2.34. The highest BCUT2D eigenvalue weighted by Crippen LogP contribution is 2.41. The average molecular weight is 444 g/mol. The molecule has 1 aromatic heterocycles. The first kappa shape index (κ1) is 23.3. The summed E-state index contributed by atoms with van der Waals surface area (Å²) in [7, 11) is 0. The maximum atomic E-state index is 13.1. The summed E-state index contributed by atoms with van der Waals surface area (Å²) in [4.78, 5) is 27.0. The number of carbonyl (C=O) groups is 2. The van der Waals surface area contributed by atoms with E-state index in [-0.39, 0.29) is 11.9 Å². The molecule has 1 amide bonds. The number of hydrogen-bond acceptors (Lipinski definition) is 5. The summed E-state index contributed by atoms with van der Waals surface area (Å²) >= 11 is 1.51. The Morgan fingerprint density at radius 1 is 1.19 bits per heavy atom. The smallest absolute Gasteiger partial charge is 0.341 e. The minimum atomic E-state index is -0.639. The highest BCUT2D eigenvalue weighted by Gasteiger charge is 2.31. The summed E-state index contributed by atoms with van der Waals surface area (Å²) in [6.45, 7) is 10.3. The lowest BCUT2D eigenvalue weighted by Crippen LogP contribution is -2.32. The maximum Gasteiger partial charge on any atom is 0.341 e. The minimum Gasteiger partial charge on any atom is -0.481 e. The van der Waals surface area contributed by atoms with Gasteiger partial charge in [-0.3, -0.25) is 4.79 Å². The largest absolute Gasteiger partial charge is 0.481 e. The molecule has 0 unspecified atom stereocenters. The van der Waals surface area contributed by atoms with Crippen molar-refractivity contribution in [2.75, 3.05) is 11.9 Å². The minimum absolute atomic E-state index is 0.239. The molecule has 0 spiro atoms. The van der Waals surface area contributed by atoms with E-state index in [1.165, 1.54) is 21.8 Å². The predicted molar refractivity (Wildman–Crippen MR) is 125 cm³/mol. The van der Waals surface area contributed by atoms with Crippen LogP contribution in [0, 0.1) is 19.8 Å². The number of carbonyl (C=O) groups excluding carboxylic acids is 2. The number of anilines is 1. The number of fused-ring (bicyclic) bond motifs is 1. The lowest BCUT2D eigenvalue weighted by Gasteiger charge is -2.21. The van der Waals surface area contributed by atoms with Gasteiger partial charge in [0.05, 0.1) is 12.2 Å². The van der Waals surface area contributed by atoms with Crippen molar-refractivity contribution in [1.82, 2.24) is 0 Å². The maximum absolute atomic E-state index is 13.1. The van der Waals surface area contributed by atoms with Crippen LogP contribution >= 0.6 is 11.3 Å². The molecule has 2 aromatic rings. The molecule has 1 aliphatic carbocycles. The molecule has 0 bridgehead atoms. The van der Waals surface area contributed by atoms with Crippen molar-refractivity contribution in [1.29, 1.82) is 0 Å². The fourth-order valence-electron chi connectivity index (χ4n) is 3.98. The van der Waals surface area contributed by atoms with Crippen LogP contribution in [0.4, 0.5) is 5.00 Å². The summed E-state index contributed by atoms with van der Waals surface area (Å²) in [5, 5.41) is 3.58. The Balaban J connectivity index is 1.83. The van der Waals surface area contributed by atoms with Gasteiger partial charge >= 0.3 is 5.97 Å². The van der Waals surface area contributed by atoms with Crippen molar-refractivity contribution < 1.29 is 19.1 Å². The molecule has 5 nitrogen and oxygen atoms in total. The molecule has 1 aliphatic rings. The topological polar surface area (TPSA) is 64.6 Å². The van der Waals surface area contributed by atoms with Gasteiger partial charge in [-0.15, -0.1) is 11.3 Å². The number of amides is 1.